The van der Waals surface area contributed by atoms with Crippen molar-refractivity contribution in [3.8, 4) is 11.4 Å². The molecule has 0 saturated carbocycles. The van der Waals surface area contributed by atoms with Gasteiger partial charge in [0.25, 0.3) is 0 Å². The Labute approximate surface area is 143 Å². The molecule has 0 N–H and O–H groups in total. The summed E-state index contributed by atoms with van der Waals surface area (Å²) in [7, 11) is 1.14. The van der Waals surface area contributed by atoms with Crippen LogP contribution in [0.3, 0.4) is 0 Å². The summed E-state index contributed by atoms with van der Waals surface area (Å²) < 4.78 is 81.8. The van der Waals surface area contributed by atoms with Gasteiger partial charge in [-0.25, -0.2) is 14.8 Å². The molecule has 0 bridgehead atoms. The van der Waals surface area contributed by atoms with E-state index in [0.717, 1.165) is 19.4 Å². The van der Waals surface area contributed by atoms with Gasteiger partial charge in [0.2, 0.25) is 0 Å². The molecule has 0 fully saturated rings. The average Bonchev–Trinajstić information content (AvgIpc) is 2.58. The van der Waals surface area contributed by atoms with Crippen molar-refractivity contribution in [2.45, 2.75) is 12.4 Å². The molecule has 0 radical (unpaired) electrons. The van der Waals surface area contributed by atoms with Crippen molar-refractivity contribution in [1.29, 1.82) is 0 Å². The number of carbonyl (C=O) groups excluding carboxylic acids is 1. The number of hydrogen-bond donors (Lipinski definition) is 0. The van der Waals surface area contributed by atoms with Gasteiger partial charge >= 0.3 is 18.3 Å². The summed E-state index contributed by atoms with van der Waals surface area (Å²) >= 11 is 0. The Morgan fingerprint density at radius 3 is 2.12 bits per heavy atom. The van der Waals surface area contributed by atoms with Gasteiger partial charge in [0, 0.05) is 17.8 Å². The maximum atomic E-state index is 12.9. The zero-order valence-electron chi connectivity index (χ0n) is 13.0. The molecular weight excluding hydrogens is 366 g/mol. The molecule has 1 aromatic carbocycles. The van der Waals surface area contributed by atoms with E-state index in [0.29, 0.717) is 12.1 Å². The number of ether oxygens (including phenoxy) is 1. The molecule has 2 aromatic rings. The number of rotatable bonds is 3. The van der Waals surface area contributed by atoms with Crippen LogP contribution >= 0.6 is 0 Å². The van der Waals surface area contributed by atoms with Crippen molar-refractivity contribution in [2.75, 3.05) is 7.11 Å². The van der Waals surface area contributed by atoms with Crippen LogP contribution < -0.4 is 0 Å². The van der Waals surface area contributed by atoms with Crippen LogP contribution in [0, 0.1) is 0 Å². The fraction of sp³-hybridized carbons (Fsp3) is 0.188. The first kappa shape index (κ1) is 19.4. The quantitative estimate of drug-likeness (QED) is 0.454. The maximum absolute atomic E-state index is 12.9. The fourth-order valence-corrected chi connectivity index (χ4v) is 1.91. The van der Waals surface area contributed by atoms with E-state index in [4.69, 9.17) is 0 Å². The van der Waals surface area contributed by atoms with Gasteiger partial charge in [-0.05, 0) is 30.3 Å². The van der Waals surface area contributed by atoms with Crippen LogP contribution in [-0.2, 0) is 21.9 Å². The third-order valence-electron chi connectivity index (χ3n) is 3.11. The molecular formula is C16H10F6N2O2. The minimum atomic E-state index is -4.97. The lowest BCUT2D eigenvalue weighted by Gasteiger charge is -2.13. The molecule has 4 nitrogen and oxygen atoms in total. The number of carbonyl (C=O) groups is 1. The van der Waals surface area contributed by atoms with Crippen molar-refractivity contribution < 1.29 is 35.9 Å². The van der Waals surface area contributed by atoms with Crippen LogP contribution in [-0.4, -0.2) is 23.0 Å². The molecule has 0 aliphatic carbocycles. The summed E-state index contributed by atoms with van der Waals surface area (Å²) in [6, 6.07) is 2.39. The monoisotopic (exact) mass is 376 g/mol. The Balaban J connectivity index is 2.54. The molecule has 0 saturated heterocycles. The van der Waals surface area contributed by atoms with Crippen molar-refractivity contribution >= 4 is 12.0 Å². The lowest BCUT2D eigenvalue weighted by atomic mass is 10.0. The lowest BCUT2D eigenvalue weighted by Crippen LogP contribution is -2.11. The van der Waals surface area contributed by atoms with Gasteiger partial charge < -0.3 is 4.74 Å². The number of alkyl halides is 6. The molecule has 0 aliphatic rings. The third-order valence-corrected chi connectivity index (χ3v) is 3.11. The van der Waals surface area contributed by atoms with Crippen molar-refractivity contribution in [2.24, 2.45) is 0 Å². The molecule has 1 heterocycles. The highest BCUT2D eigenvalue weighted by Crippen LogP contribution is 2.38. The zero-order valence-corrected chi connectivity index (χ0v) is 13.0. The van der Waals surface area contributed by atoms with E-state index >= 15 is 0 Å². The van der Waals surface area contributed by atoms with Crippen molar-refractivity contribution in [3.05, 3.63) is 53.4 Å². The Hall–Kier alpha value is -2.91. The van der Waals surface area contributed by atoms with Crippen molar-refractivity contribution in [3.63, 3.8) is 0 Å². The zero-order chi connectivity index (χ0) is 19.5. The Morgan fingerprint density at radius 1 is 1.04 bits per heavy atom. The number of halogens is 6. The van der Waals surface area contributed by atoms with E-state index in [1.54, 1.807) is 0 Å². The van der Waals surface area contributed by atoms with Crippen LogP contribution in [0.1, 0.15) is 16.8 Å². The van der Waals surface area contributed by atoms with Gasteiger partial charge in [0.15, 0.2) is 5.82 Å². The minimum Gasteiger partial charge on any atom is -0.466 e. The Bertz CT molecular complexity index is 811. The number of aromatic nitrogens is 2. The van der Waals surface area contributed by atoms with Crippen LogP contribution in [0.15, 0.2) is 36.5 Å². The molecule has 0 amide bonds. The van der Waals surface area contributed by atoms with Gasteiger partial charge in [-0.3, -0.25) is 0 Å². The molecule has 1 aromatic heterocycles. The Morgan fingerprint density at radius 2 is 1.62 bits per heavy atom. The van der Waals surface area contributed by atoms with Gasteiger partial charge in [-0.2, -0.15) is 26.3 Å². The van der Waals surface area contributed by atoms with Gasteiger partial charge in [0.1, 0.15) is 0 Å². The number of benzene rings is 1. The molecule has 0 spiro atoms. The Kier molecular flexibility index (Phi) is 5.33. The normalized spacial score (nSPS) is 12.4. The molecule has 2 rings (SSSR count). The van der Waals surface area contributed by atoms with E-state index < -0.39 is 35.0 Å². The number of methoxy groups -OCH3 is 1. The first-order valence-corrected chi connectivity index (χ1v) is 6.89. The van der Waals surface area contributed by atoms with Gasteiger partial charge in [-0.15, -0.1) is 0 Å². The van der Waals surface area contributed by atoms with E-state index in [9.17, 15) is 31.1 Å². The maximum Gasteiger partial charge on any atom is 0.416 e. The molecule has 26 heavy (non-hydrogen) atoms. The lowest BCUT2D eigenvalue weighted by molar-refractivity contribution is -0.143. The number of nitrogens with zero attached hydrogens (tertiary/aromatic N) is 2. The highest BCUT2D eigenvalue weighted by Gasteiger charge is 2.37. The van der Waals surface area contributed by atoms with Gasteiger partial charge in [-0.1, -0.05) is 0 Å². The summed E-state index contributed by atoms with van der Waals surface area (Å²) in [5.74, 6) is -1.06. The van der Waals surface area contributed by atoms with Crippen molar-refractivity contribution in [1.82, 2.24) is 9.97 Å². The van der Waals surface area contributed by atoms with Crippen LogP contribution in [0.5, 0.6) is 0 Å². The smallest absolute Gasteiger partial charge is 0.416 e. The largest absolute Gasteiger partial charge is 0.466 e. The molecule has 10 heteroatoms. The minimum absolute atomic E-state index is 0.0184. The van der Waals surface area contributed by atoms with E-state index in [1.807, 2.05) is 0 Å². The third kappa shape index (κ3) is 4.80. The van der Waals surface area contributed by atoms with E-state index in [1.165, 1.54) is 12.1 Å². The molecule has 138 valence electrons. The second kappa shape index (κ2) is 7.14. The fourth-order valence-electron chi connectivity index (χ4n) is 1.91. The summed E-state index contributed by atoms with van der Waals surface area (Å²) in [4.78, 5) is 18.6. The standard InChI is InChI=1S/C16H10F6N2O2/c1-26-13(25)3-2-12-4-5-23-14(24-12)9-6-10(15(17,18)19)8-11(7-9)16(20,21)22/h2-8H,1H3/b3-2+. The number of hydrogen-bond acceptors (Lipinski definition) is 4. The predicted octanol–water partition coefficient (Wildman–Crippen LogP) is 4.37. The SMILES string of the molecule is COC(=O)/C=C/c1ccnc(-c2cc(C(F)(F)F)cc(C(F)(F)F)c2)n1. The average molecular weight is 376 g/mol. The summed E-state index contributed by atoms with van der Waals surface area (Å²) in [5.41, 5.74) is -3.30. The summed E-state index contributed by atoms with van der Waals surface area (Å²) in [5, 5.41) is 0. The second-order valence-electron chi connectivity index (χ2n) is 4.96. The molecule has 0 aliphatic heterocycles. The van der Waals surface area contributed by atoms with Gasteiger partial charge in [0.05, 0.1) is 23.9 Å². The van der Waals surface area contributed by atoms with Crippen LogP contribution in [0.25, 0.3) is 17.5 Å². The van der Waals surface area contributed by atoms with E-state index in [-0.39, 0.29) is 17.6 Å². The summed E-state index contributed by atoms with van der Waals surface area (Å²) in [6.45, 7) is 0. The highest BCUT2D eigenvalue weighted by atomic mass is 19.4. The number of esters is 1. The molecule has 0 unspecified atom stereocenters. The van der Waals surface area contributed by atoms with Crippen LogP contribution in [0.4, 0.5) is 26.3 Å². The highest BCUT2D eigenvalue weighted by molar-refractivity contribution is 5.86. The second-order valence-corrected chi connectivity index (χ2v) is 4.96. The first-order chi connectivity index (χ1) is 12.0. The predicted molar refractivity (Wildman–Crippen MR) is 78.5 cm³/mol. The van der Waals surface area contributed by atoms with E-state index in [2.05, 4.69) is 14.7 Å². The molecule has 0 atom stereocenters. The first-order valence-electron chi connectivity index (χ1n) is 6.89. The van der Waals surface area contributed by atoms with Crippen LogP contribution in [0.2, 0.25) is 0 Å². The topological polar surface area (TPSA) is 52.1 Å². The summed E-state index contributed by atoms with van der Waals surface area (Å²) in [6.07, 6.45) is -6.61.